The van der Waals surface area contributed by atoms with Gasteiger partial charge in [0.25, 0.3) is 0 Å². The molecule has 0 bridgehead atoms. The van der Waals surface area contributed by atoms with E-state index in [1.165, 1.54) is 0 Å². The van der Waals surface area contributed by atoms with Crippen molar-refractivity contribution < 1.29 is 13.7 Å². The first-order valence-electron chi connectivity index (χ1n) is 4.39. The van der Waals surface area contributed by atoms with E-state index in [2.05, 4.69) is 0 Å². The third kappa shape index (κ3) is 1.48. The molecule has 1 heterocycles. The van der Waals surface area contributed by atoms with Crippen LogP contribution in [-0.4, -0.2) is 7.11 Å². The lowest BCUT2D eigenvalue weighted by Gasteiger charge is -1.98. The molecule has 1 aromatic heterocycles. The first-order valence-corrected chi connectivity index (χ1v) is 4.39. The molecule has 0 radical (unpaired) electrons. The van der Waals surface area contributed by atoms with Crippen molar-refractivity contribution in [2.75, 3.05) is 7.11 Å². The van der Waals surface area contributed by atoms with Crippen LogP contribution in [-0.2, 0) is 7.05 Å². The quantitative estimate of drug-likeness (QED) is 0.675. The second kappa shape index (κ2) is 3.54. The van der Waals surface area contributed by atoms with Gasteiger partial charge in [-0.2, -0.15) is 4.57 Å². The minimum absolute atomic E-state index is 0.840. The van der Waals surface area contributed by atoms with Gasteiger partial charge < -0.3 is 9.15 Å². The second-order valence-electron chi connectivity index (χ2n) is 3.05. The van der Waals surface area contributed by atoms with Crippen LogP contribution in [0.1, 0.15) is 0 Å². The van der Waals surface area contributed by atoms with Crippen LogP contribution < -0.4 is 9.30 Å². The molecule has 0 saturated carbocycles. The Balaban J connectivity index is 2.39. The van der Waals surface area contributed by atoms with Gasteiger partial charge in [0.1, 0.15) is 12.8 Å². The average Bonchev–Trinajstić information content (AvgIpc) is 2.65. The molecule has 0 N–H and O–H groups in total. The topological polar surface area (TPSA) is 26.2 Å². The highest BCUT2D eigenvalue weighted by Crippen LogP contribution is 2.19. The third-order valence-corrected chi connectivity index (χ3v) is 2.12. The van der Waals surface area contributed by atoms with Crippen molar-refractivity contribution in [1.29, 1.82) is 0 Å². The van der Waals surface area contributed by atoms with Crippen molar-refractivity contribution >= 4 is 0 Å². The molecule has 0 aliphatic carbocycles. The summed E-state index contributed by atoms with van der Waals surface area (Å²) >= 11 is 0. The van der Waals surface area contributed by atoms with E-state index < -0.39 is 0 Å². The van der Waals surface area contributed by atoms with Crippen LogP contribution in [0.4, 0.5) is 0 Å². The lowest BCUT2D eigenvalue weighted by atomic mass is 10.2. The minimum Gasteiger partial charge on any atom is -0.497 e. The summed E-state index contributed by atoms with van der Waals surface area (Å²) in [6, 6.07) is 7.77. The number of aryl methyl sites for hydroxylation is 1. The van der Waals surface area contributed by atoms with E-state index in [-0.39, 0.29) is 0 Å². The molecule has 3 heteroatoms. The van der Waals surface area contributed by atoms with E-state index in [0.29, 0.717) is 0 Å². The number of hydrogen-bond acceptors (Lipinski definition) is 2. The van der Waals surface area contributed by atoms with E-state index in [1.807, 2.05) is 42.1 Å². The van der Waals surface area contributed by atoms with Crippen molar-refractivity contribution in [3.8, 4) is 17.2 Å². The molecule has 0 amide bonds. The molecule has 0 fully saturated rings. The molecule has 0 aliphatic heterocycles. The Morgan fingerprint density at radius 2 is 1.93 bits per heavy atom. The van der Waals surface area contributed by atoms with Gasteiger partial charge in [-0.3, -0.25) is 0 Å². The number of rotatable bonds is 2. The predicted molar refractivity (Wildman–Crippen MR) is 51.9 cm³/mol. The fraction of sp³-hybridized carbons (Fsp3) is 0.182. The molecule has 0 saturated heterocycles. The zero-order valence-corrected chi connectivity index (χ0v) is 8.23. The summed E-state index contributed by atoms with van der Waals surface area (Å²) in [7, 11) is 3.60. The Morgan fingerprint density at radius 1 is 1.21 bits per heavy atom. The Kier molecular flexibility index (Phi) is 2.23. The summed E-state index contributed by atoms with van der Waals surface area (Å²) in [6.45, 7) is 0. The lowest BCUT2D eigenvalue weighted by molar-refractivity contribution is -0.662. The number of methoxy groups -OCH3 is 1. The molecule has 72 valence electrons. The Morgan fingerprint density at radius 3 is 2.43 bits per heavy atom. The smallest absolute Gasteiger partial charge is 0.380 e. The van der Waals surface area contributed by atoms with Crippen LogP contribution in [0.5, 0.6) is 5.75 Å². The second-order valence-corrected chi connectivity index (χ2v) is 3.05. The standard InChI is InChI=1S/C11H12NO2/c1-12-7-8-14-11(12)9-3-5-10(13-2)6-4-9/h3-8H,1-2H3/q+1. The molecule has 14 heavy (non-hydrogen) atoms. The third-order valence-electron chi connectivity index (χ3n) is 2.12. The lowest BCUT2D eigenvalue weighted by Crippen LogP contribution is -2.26. The van der Waals surface area contributed by atoms with Gasteiger partial charge >= 0.3 is 5.89 Å². The maximum absolute atomic E-state index is 5.35. The van der Waals surface area contributed by atoms with Crippen LogP contribution in [0.15, 0.2) is 41.1 Å². The molecule has 0 unspecified atom stereocenters. The van der Waals surface area contributed by atoms with Gasteiger partial charge in [0, 0.05) is 0 Å². The van der Waals surface area contributed by atoms with Gasteiger partial charge in [0.2, 0.25) is 6.20 Å². The summed E-state index contributed by atoms with van der Waals surface area (Å²) in [6.07, 6.45) is 3.54. The molecule has 1 aromatic carbocycles. The van der Waals surface area contributed by atoms with Crippen molar-refractivity contribution in [2.24, 2.45) is 7.05 Å². The molecular weight excluding hydrogens is 178 g/mol. The summed E-state index contributed by atoms with van der Waals surface area (Å²) in [5, 5.41) is 0. The molecule has 3 nitrogen and oxygen atoms in total. The molecule has 2 aromatic rings. The Bertz CT molecular complexity index is 417. The summed E-state index contributed by atoms with van der Waals surface area (Å²) < 4.78 is 12.4. The van der Waals surface area contributed by atoms with Crippen LogP contribution in [0.2, 0.25) is 0 Å². The molecular formula is C11H12NO2+. The van der Waals surface area contributed by atoms with E-state index in [1.54, 1.807) is 13.4 Å². The molecule has 0 spiro atoms. The maximum Gasteiger partial charge on any atom is 0.380 e. The van der Waals surface area contributed by atoms with Gasteiger partial charge in [-0.05, 0) is 24.3 Å². The summed E-state index contributed by atoms with van der Waals surface area (Å²) in [5.41, 5.74) is 1.04. The largest absolute Gasteiger partial charge is 0.497 e. The van der Waals surface area contributed by atoms with Gasteiger partial charge in [-0.15, -0.1) is 0 Å². The van der Waals surface area contributed by atoms with Crippen molar-refractivity contribution in [1.82, 2.24) is 0 Å². The van der Waals surface area contributed by atoms with Crippen LogP contribution in [0.25, 0.3) is 11.5 Å². The van der Waals surface area contributed by atoms with Crippen LogP contribution in [0, 0.1) is 0 Å². The van der Waals surface area contributed by atoms with E-state index in [0.717, 1.165) is 17.2 Å². The highest BCUT2D eigenvalue weighted by atomic mass is 16.5. The average molecular weight is 190 g/mol. The first-order chi connectivity index (χ1) is 6.81. The fourth-order valence-corrected chi connectivity index (χ4v) is 1.34. The number of aromatic nitrogens is 1. The number of ether oxygens (including phenoxy) is 1. The Labute approximate surface area is 82.6 Å². The monoisotopic (exact) mass is 190 g/mol. The zero-order valence-electron chi connectivity index (χ0n) is 8.23. The highest BCUT2D eigenvalue weighted by Gasteiger charge is 2.12. The number of oxazole rings is 1. The van der Waals surface area contributed by atoms with Crippen molar-refractivity contribution in [3.63, 3.8) is 0 Å². The first kappa shape index (κ1) is 8.81. The molecule has 0 atom stereocenters. The van der Waals surface area contributed by atoms with E-state index >= 15 is 0 Å². The molecule has 0 aliphatic rings. The fourth-order valence-electron chi connectivity index (χ4n) is 1.34. The number of nitrogens with zero attached hydrogens (tertiary/aromatic N) is 1. The van der Waals surface area contributed by atoms with Crippen molar-refractivity contribution in [3.05, 3.63) is 36.7 Å². The summed E-state index contributed by atoms with van der Waals surface area (Å²) in [5.74, 6) is 1.69. The van der Waals surface area contributed by atoms with Gasteiger partial charge in [0.15, 0.2) is 6.26 Å². The van der Waals surface area contributed by atoms with Crippen LogP contribution >= 0.6 is 0 Å². The van der Waals surface area contributed by atoms with Crippen LogP contribution in [0.3, 0.4) is 0 Å². The zero-order chi connectivity index (χ0) is 9.97. The highest BCUT2D eigenvalue weighted by molar-refractivity contribution is 5.51. The SMILES string of the molecule is COc1ccc(-c2occ[n+]2C)cc1. The minimum atomic E-state index is 0.840. The number of benzene rings is 1. The normalized spacial score (nSPS) is 10.1. The van der Waals surface area contributed by atoms with E-state index in [9.17, 15) is 0 Å². The summed E-state index contributed by atoms with van der Waals surface area (Å²) in [4.78, 5) is 0. The Hall–Kier alpha value is -1.77. The number of hydrogen-bond donors (Lipinski definition) is 0. The van der Waals surface area contributed by atoms with E-state index in [4.69, 9.17) is 9.15 Å². The maximum atomic E-state index is 5.35. The predicted octanol–water partition coefficient (Wildman–Crippen LogP) is 1.78. The van der Waals surface area contributed by atoms with Gasteiger partial charge in [-0.1, -0.05) is 0 Å². The van der Waals surface area contributed by atoms with Crippen molar-refractivity contribution in [2.45, 2.75) is 0 Å². The van der Waals surface area contributed by atoms with Gasteiger partial charge in [0.05, 0.1) is 12.7 Å². The van der Waals surface area contributed by atoms with Gasteiger partial charge in [-0.25, -0.2) is 0 Å². The molecule has 2 rings (SSSR count).